The van der Waals surface area contributed by atoms with Gasteiger partial charge in [-0.05, 0) is 23.8 Å². The molecule has 0 bridgehead atoms. The molecular weight excluding hydrogens is 354 g/mol. The highest BCUT2D eigenvalue weighted by Crippen LogP contribution is 2.29. The number of benzene rings is 2. The standard InChI is InChI=1S/C16H12ClNO3S2/c17-12-7-5-11(6-8-12)9-16(19)18-23(20,21)15-10-22-14-4-2-1-3-13(14)15/h1-8,10H,9H2,(H,18,19). The van der Waals surface area contributed by atoms with Crippen LogP contribution in [-0.4, -0.2) is 14.3 Å². The third kappa shape index (κ3) is 3.55. The monoisotopic (exact) mass is 365 g/mol. The number of halogens is 1. The fourth-order valence-corrected chi connectivity index (χ4v) is 4.80. The molecule has 0 unspecified atom stereocenters. The molecule has 0 saturated carbocycles. The Bertz CT molecular complexity index is 962. The molecule has 3 aromatic rings. The van der Waals surface area contributed by atoms with Crippen LogP contribution in [0.15, 0.2) is 58.8 Å². The second kappa shape index (κ2) is 6.31. The molecular formula is C16H12ClNO3S2. The SMILES string of the molecule is O=C(Cc1ccc(Cl)cc1)NS(=O)(=O)c1csc2ccccc12. The number of thiophene rings is 1. The molecule has 1 N–H and O–H groups in total. The van der Waals surface area contributed by atoms with E-state index in [4.69, 9.17) is 11.6 Å². The highest BCUT2D eigenvalue weighted by Gasteiger charge is 2.21. The molecule has 2 aromatic carbocycles. The summed E-state index contributed by atoms with van der Waals surface area (Å²) in [6, 6.07) is 13.9. The molecule has 4 nitrogen and oxygen atoms in total. The van der Waals surface area contributed by atoms with Crippen molar-refractivity contribution in [2.75, 3.05) is 0 Å². The van der Waals surface area contributed by atoms with E-state index in [1.165, 1.54) is 11.3 Å². The quantitative estimate of drug-likeness (QED) is 0.768. The summed E-state index contributed by atoms with van der Waals surface area (Å²) >= 11 is 7.11. The maximum atomic E-state index is 12.4. The first-order valence-electron chi connectivity index (χ1n) is 6.72. The van der Waals surface area contributed by atoms with Gasteiger partial charge in [-0.2, -0.15) is 0 Å². The van der Waals surface area contributed by atoms with Gasteiger partial charge >= 0.3 is 0 Å². The van der Waals surface area contributed by atoms with Crippen molar-refractivity contribution in [3.05, 3.63) is 64.5 Å². The molecule has 0 atom stereocenters. The van der Waals surface area contributed by atoms with Gasteiger partial charge in [0.2, 0.25) is 5.91 Å². The summed E-state index contributed by atoms with van der Waals surface area (Å²) in [5.41, 5.74) is 0.692. The smallest absolute Gasteiger partial charge is 0.265 e. The zero-order valence-electron chi connectivity index (χ0n) is 11.8. The molecule has 1 heterocycles. The highest BCUT2D eigenvalue weighted by atomic mass is 35.5. The number of amides is 1. The third-order valence-electron chi connectivity index (χ3n) is 3.26. The van der Waals surface area contributed by atoms with E-state index in [1.54, 1.807) is 41.8 Å². The Balaban J connectivity index is 1.80. The van der Waals surface area contributed by atoms with Crippen LogP contribution >= 0.6 is 22.9 Å². The molecule has 7 heteroatoms. The van der Waals surface area contributed by atoms with Crippen LogP contribution in [0.2, 0.25) is 5.02 Å². The van der Waals surface area contributed by atoms with Crippen LogP contribution in [0.4, 0.5) is 0 Å². The average Bonchev–Trinajstić information content (AvgIpc) is 2.94. The summed E-state index contributed by atoms with van der Waals surface area (Å²) in [5.74, 6) is -0.581. The second-order valence-corrected chi connectivity index (χ2v) is 7.93. The zero-order chi connectivity index (χ0) is 16.4. The van der Waals surface area contributed by atoms with E-state index in [9.17, 15) is 13.2 Å². The van der Waals surface area contributed by atoms with Gasteiger partial charge in [-0.25, -0.2) is 13.1 Å². The lowest BCUT2D eigenvalue weighted by molar-refractivity contribution is -0.118. The number of carbonyl (C=O) groups is 1. The van der Waals surface area contributed by atoms with E-state index in [-0.39, 0.29) is 11.3 Å². The van der Waals surface area contributed by atoms with Crippen molar-refractivity contribution in [2.45, 2.75) is 11.3 Å². The first-order chi connectivity index (χ1) is 11.0. The van der Waals surface area contributed by atoms with Crippen molar-refractivity contribution < 1.29 is 13.2 Å². The predicted molar refractivity (Wildman–Crippen MR) is 92.3 cm³/mol. The van der Waals surface area contributed by atoms with Crippen LogP contribution in [0.5, 0.6) is 0 Å². The van der Waals surface area contributed by atoms with E-state index in [0.29, 0.717) is 16.0 Å². The molecule has 118 valence electrons. The Hall–Kier alpha value is -1.89. The zero-order valence-corrected chi connectivity index (χ0v) is 14.2. The number of nitrogens with one attached hydrogen (secondary N) is 1. The van der Waals surface area contributed by atoms with Crippen molar-refractivity contribution in [3.63, 3.8) is 0 Å². The highest BCUT2D eigenvalue weighted by molar-refractivity contribution is 7.90. The van der Waals surface area contributed by atoms with Gasteiger partial charge in [0.15, 0.2) is 0 Å². The lowest BCUT2D eigenvalue weighted by Crippen LogP contribution is -2.31. The van der Waals surface area contributed by atoms with Crippen LogP contribution in [0.3, 0.4) is 0 Å². The van der Waals surface area contributed by atoms with Crippen LogP contribution < -0.4 is 4.72 Å². The van der Waals surface area contributed by atoms with Crippen molar-refractivity contribution >= 4 is 49.0 Å². The van der Waals surface area contributed by atoms with Gasteiger partial charge in [0.25, 0.3) is 10.0 Å². The fourth-order valence-electron chi connectivity index (χ4n) is 2.19. The number of rotatable bonds is 4. The minimum absolute atomic E-state index is 0.0293. The number of fused-ring (bicyclic) bond motifs is 1. The van der Waals surface area contributed by atoms with Crippen molar-refractivity contribution in [3.8, 4) is 0 Å². The van der Waals surface area contributed by atoms with E-state index < -0.39 is 15.9 Å². The lowest BCUT2D eigenvalue weighted by Gasteiger charge is -2.06. The Morgan fingerprint density at radius 1 is 1.09 bits per heavy atom. The molecule has 0 fully saturated rings. The second-order valence-electron chi connectivity index (χ2n) is 4.93. The van der Waals surface area contributed by atoms with Gasteiger partial charge in [-0.15, -0.1) is 11.3 Å². The molecule has 1 amide bonds. The first-order valence-corrected chi connectivity index (χ1v) is 9.46. The molecule has 0 spiro atoms. The maximum absolute atomic E-state index is 12.4. The summed E-state index contributed by atoms with van der Waals surface area (Å²) < 4.78 is 27.8. The van der Waals surface area contributed by atoms with Gasteiger partial charge in [0, 0.05) is 20.5 Å². The van der Waals surface area contributed by atoms with Gasteiger partial charge in [0.1, 0.15) is 4.90 Å². The fraction of sp³-hybridized carbons (Fsp3) is 0.0625. The molecule has 1 aromatic heterocycles. The van der Waals surface area contributed by atoms with E-state index in [0.717, 1.165) is 4.70 Å². The number of sulfonamides is 1. The van der Waals surface area contributed by atoms with Crippen LogP contribution in [0.1, 0.15) is 5.56 Å². The van der Waals surface area contributed by atoms with E-state index >= 15 is 0 Å². The molecule has 0 aliphatic carbocycles. The number of hydrogen-bond acceptors (Lipinski definition) is 4. The van der Waals surface area contributed by atoms with Gasteiger partial charge in [0.05, 0.1) is 6.42 Å². The summed E-state index contributed by atoms with van der Waals surface area (Å²) in [6.45, 7) is 0. The first kappa shape index (κ1) is 16.0. The minimum Gasteiger partial charge on any atom is -0.274 e. The normalized spacial score (nSPS) is 11.5. The largest absolute Gasteiger partial charge is 0.274 e. The van der Waals surface area contributed by atoms with Crippen LogP contribution in [-0.2, 0) is 21.2 Å². The molecule has 3 rings (SSSR count). The van der Waals surface area contributed by atoms with Crippen molar-refractivity contribution in [2.24, 2.45) is 0 Å². The lowest BCUT2D eigenvalue weighted by atomic mass is 10.1. The Morgan fingerprint density at radius 3 is 2.52 bits per heavy atom. The topological polar surface area (TPSA) is 63.2 Å². The van der Waals surface area contributed by atoms with Gasteiger partial charge in [-0.3, -0.25) is 4.79 Å². The summed E-state index contributed by atoms with van der Waals surface area (Å²) in [5, 5.41) is 2.72. The van der Waals surface area contributed by atoms with Gasteiger partial charge in [-0.1, -0.05) is 41.9 Å². The molecule has 0 radical (unpaired) electrons. The van der Waals surface area contributed by atoms with Gasteiger partial charge < -0.3 is 0 Å². The summed E-state index contributed by atoms with van der Waals surface area (Å²) in [6.07, 6.45) is -0.0293. The van der Waals surface area contributed by atoms with E-state index in [2.05, 4.69) is 4.72 Å². The maximum Gasteiger partial charge on any atom is 0.265 e. The molecule has 23 heavy (non-hydrogen) atoms. The summed E-state index contributed by atoms with van der Waals surface area (Å²) in [4.78, 5) is 12.2. The average molecular weight is 366 g/mol. The van der Waals surface area contributed by atoms with E-state index in [1.807, 2.05) is 12.1 Å². The van der Waals surface area contributed by atoms with Crippen LogP contribution in [0.25, 0.3) is 10.1 Å². The molecule has 0 aliphatic heterocycles. The third-order valence-corrected chi connectivity index (χ3v) is 6.04. The molecule has 0 saturated heterocycles. The minimum atomic E-state index is -3.89. The predicted octanol–water partition coefficient (Wildman–Crippen LogP) is 3.60. The number of hydrogen-bond donors (Lipinski definition) is 1. The Morgan fingerprint density at radius 2 is 1.78 bits per heavy atom. The number of carbonyl (C=O) groups excluding carboxylic acids is 1. The Labute approximate surface area is 142 Å². The summed E-state index contributed by atoms with van der Waals surface area (Å²) in [7, 11) is -3.89. The van der Waals surface area contributed by atoms with Crippen molar-refractivity contribution in [1.29, 1.82) is 0 Å². The Kier molecular flexibility index (Phi) is 4.39. The molecule has 0 aliphatic rings. The van der Waals surface area contributed by atoms with Crippen LogP contribution in [0, 0.1) is 0 Å². The van der Waals surface area contributed by atoms with Crippen molar-refractivity contribution in [1.82, 2.24) is 4.72 Å².